The average Bonchev–Trinajstić information content (AvgIpc) is 2.70. The van der Waals surface area contributed by atoms with Gasteiger partial charge in [-0.15, -0.1) is 11.3 Å². The number of rotatable bonds is 3. The predicted octanol–water partition coefficient (Wildman–Crippen LogP) is 4.28. The van der Waals surface area contributed by atoms with Crippen LogP contribution in [0.2, 0.25) is 0 Å². The Morgan fingerprint density at radius 2 is 2.00 bits per heavy atom. The number of nitrogens with zero attached hydrogens (tertiary/aromatic N) is 1. The Morgan fingerprint density at radius 3 is 2.60 bits per heavy atom. The van der Waals surface area contributed by atoms with Crippen LogP contribution in [0.15, 0.2) is 38.7 Å². The van der Waals surface area contributed by atoms with Crippen molar-refractivity contribution in [2.45, 2.75) is 6.54 Å². The van der Waals surface area contributed by atoms with Crippen LogP contribution in [0.25, 0.3) is 0 Å². The lowest BCUT2D eigenvalue weighted by Crippen LogP contribution is -2.00. The summed E-state index contributed by atoms with van der Waals surface area (Å²) < 4.78 is 2.10. The highest BCUT2D eigenvalue weighted by atomic mass is 79.9. The van der Waals surface area contributed by atoms with Gasteiger partial charge in [0.25, 0.3) is 0 Å². The third-order valence-corrected chi connectivity index (χ3v) is 3.96. The summed E-state index contributed by atoms with van der Waals surface area (Å²) in [6.45, 7) is 0.749. The van der Waals surface area contributed by atoms with Crippen molar-refractivity contribution in [2.75, 3.05) is 5.32 Å². The first kappa shape index (κ1) is 11.1. The van der Waals surface area contributed by atoms with Gasteiger partial charge in [0.1, 0.15) is 5.01 Å². The normalized spacial score (nSPS) is 10.3. The summed E-state index contributed by atoms with van der Waals surface area (Å²) in [4.78, 5) is 4.22. The van der Waals surface area contributed by atoms with E-state index in [9.17, 15) is 0 Å². The van der Waals surface area contributed by atoms with E-state index in [1.165, 1.54) is 0 Å². The average molecular weight is 348 g/mol. The molecule has 0 aliphatic heterocycles. The summed E-state index contributed by atoms with van der Waals surface area (Å²) in [6, 6.07) is 6.01. The zero-order valence-corrected chi connectivity index (χ0v) is 11.7. The summed E-state index contributed by atoms with van der Waals surface area (Å²) in [5.41, 5.74) is 1.06. The molecule has 0 saturated heterocycles. The molecule has 0 atom stereocenters. The second kappa shape index (κ2) is 5.09. The highest BCUT2D eigenvalue weighted by Crippen LogP contribution is 2.30. The van der Waals surface area contributed by atoms with Gasteiger partial charge < -0.3 is 5.32 Å². The molecule has 1 N–H and O–H groups in total. The van der Waals surface area contributed by atoms with Gasteiger partial charge in [-0.2, -0.15) is 0 Å². The van der Waals surface area contributed by atoms with Gasteiger partial charge in [-0.3, -0.25) is 0 Å². The van der Waals surface area contributed by atoms with Crippen molar-refractivity contribution in [3.63, 3.8) is 0 Å². The van der Waals surface area contributed by atoms with Crippen LogP contribution in [0.3, 0.4) is 0 Å². The zero-order chi connectivity index (χ0) is 10.7. The molecule has 0 aliphatic carbocycles. The molecule has 0 fully saturated rings. The number of hydrogen-bond donors (Lipinski definition) is 1. The van der Waals surface area contributed by atoms with Crippen molar-refractivity contribution in [1.29, 1.82) is 0 Å². The fraction of sp³-hybridized carbons (Fsp3) is 0.100. The minimum Gasteiger partial charge on any atom is -0.377 e. The van der Waals surface area contributed by atoms with E-state index in [0.717, 1.165) is 26.2 Å². The van der Waals surface area contributed by atoms with Gasteiger partial charge in [0.15, 0.2) is 0 Å². The summed E-state index contributed by atoms with van der Waals surface area (Å²) in [7, 11) is 0. The van der Waals surface area contributed by atoms with Gasteiger partial charge in [0, 0.05) is 20.5 Å². The number of benzene rings is 1. The first-order valence-electron chi connectivity index (χ1n) is 4.33. The summed E-state index contributed by atoms with van der Waals surface area (Å²) in [5, 5.41) is 6.40. The van der Waals surface area contributed by atoms with Crippen LogP contribution < -0.4 is 5.32 Å². The minimum absolute atomic E-state index is 0.749. The van der Waals surface area contributed by atoms with Crippen molar-refractivity contribution in [2.24, 2.45) is 0 Å². The maximum atomic E-state index is 4.22. The molecule has 2 rings (SSSR count). The van der Waals surface area contributed by atoms with Gasteiger partial charge in [-0.25, -0.2) is 4.98 Å². The van der Waals surface area contributed by atoms with E-state index in [-0.39, 0.29) is 0 Å². The van der Waals surface area contributed by atoms with Crippen LogP contribution in [0.4, 0.5) is 5.69 Å². The van der Waals surface area contributed by atoms with Crippen LogP contribution >= 0.6 is 43.2 Å². The molecule has 0 spiro atoms. The molecule has 0 radical (unpaired) electrons. The van der Waals surface area contributed by atoms with Crippen LogP contribution in [0, 0.1) is 0 Å². The maximum absolute atomic E-state index is 4.22. The Hall–Kier alpha value is -0.390. The molecule has 1 aromatic heterocycles. The topological polar surface area (TPSA) is 24.9 Å². The van der Waals surface area contributed by atoms with E-state index in [0.29, 0.717) is 0 Å². The Balaban J connectivity index is 2.11. The SMILES string of the molecule is Brc1cccc(Br)c1NCc1nccs1. The van der Waals surface area contributed by atoms with Crippen molar-refractivity contribution in [1.82, 2.24) is 4.98 Å². The largest absolute Gasteiger partial charge is 0.377 e. The fourth-order valence-corrected chi connectivity index (χ4v) is 3.01. The lowest BCUT2D eigenvalue weighted by atomic mass is 10.3. The molecular formula is C10H8Br2N2S. The van der Waals surface area contributed by atoms with Crippen LogP contribution in [0.5, 0.6) is 0 Å². The van der Waals surface area contributed by atoms with Gasteiger partial charge in [-0.1, -0.05) is 6.07 Å². The third-order valence-electron chi connectivity index (χ3n) is 1.86. The summed E-state index contributed by atoms with van der Waals surface area (Å²) in [5.74, 6) is 0. The van der Waals surface area contributed by atoms with Crippen molar-refractivity contribution >= 4 is 48.9 Å². The summed E-state index contributed by atoms with van der Waals surface area (Å²) >= 11 is 8.65. The number of para-hydroxylation sites is 1. The highest BCUT2D eigenvalue weighted by molar-refractivity contribution is 9.11. The molecule has 2 aromatic rings. The van der Waals surface area contributed by atoms with E-state index in [1.54, 1.807) is 11.3 Å². The monoisotopic (exact) mass is 346 g/mol. The molecule has 2 nitrogen and oxygen atoms in total. The van der Waals surface area contributed by atoms with E-state index >= 15 is 0 Å². The van der Waals surface area contributed by atoms with Gasteiger partial charge in [0.05, 0.1) is 12.2 Å². The number of anilines is 1. The van der Waals surface area contributed by atoms with Crippen molar-refractivity contribution < 1.29 is 0 Å². The maximum Gasteiger partial charge on any atom is 0.112 e. The van der Waals surface area contributed by atoms with Crippen LogP contribution in [0.1, 0.15) is 5.01 Å². The molecule has 78 valence electrons. The molecule has 15 heavy (non-hydrogen) atoms. The first-order chi connectivity index (χ1) is 7.27. The molecule has 0 aliphatic rings. The summed E-state index contributed by atoms with van der Waals surface area (Å²) in [6.07, 6.45) is 1.82. The Labute approximate surface area is 109 Å². The van der Waals surface area contributed by atoms with Crippen molar-refractivity contribution in [3.05, 3.63) is 43.7 Å². The number of nitrogens with one attached hydrogen (secondary N) is 1. The molecule has 0 unspecified atom stereocenters. The van der Waals surface area contributed by atoms with Gasteiger partial charge in [0.2, 0.25) is 0 Å². The number of halogens is 2. The predicted molar refractivity (Wildman–Crippen MR) is 71.3 cm³/mol. The molecule has 0 amide bonds. The highest BCUT2D eigenvalue weighted by Gasteiger charge is 2.04. The number of hydrogen-bond acceptors (Lipinski definition) is 3. The third kappa shape index (κ3) is 2.80. The zero-order valence-electron chi connectivity index (χ0n) is 7.71. The molecular weight excluding hydrogens is 340 g/mol. The molecule has 0 bridgehead atoms. The fourth-order valence-electron chi connectivity index (χ4n) is 1.17. The van der Waals surface area contributed by atoms with E-state index in [4.69, 9.17) is 0 Å². The number of aromatic nitrogens is 1. The molecule has 0 saturated carbocycles. The second-order valence-corrected chi connectivity index (χ2v) is 5.56. The van der Waals surface area contributed by atoms with Gasteiger partial charge >= 0.3 is 0 Å². The lowest BCUT2D eigenvalue weighted by Gasteiger charge is -2.08. The Bertz CT molecular complexity index is 422. The number of thiazole rings is 1. The van der Waals surface area contributed by atoms with E-state index in [2.05, 4.69) is 42.2 Å². The molecule has 5 heteroatoms. The van der Waals surface area contributed by atoms with Crippen molar-refractivity contribution in [3.8, 4) is 0 Å². The standard InChI is InChI=1S/C10H8Br2N2S/c11-7-2-1-3-8(12)10(7)14-6-9-13-4-5-15-9/h1-5,14H,6H2. The minimum atomic E-state index is 0.749. The van der Waals surface area contributed by atoms with Crippen LogP contribution in [-0.2, 0) is 6.54 Å². The lowest BCUT2D eigenvalue weighted by molar-refractivity contribution is 1.10. The molecule has 1 aromatic carbocycles. The Kier molecular flexibility index (Phi) is 3.77. The second-order valence-electron chi connectivity index (χ2n) is 2.88. The first-order valence-corrected chi connectivity index (χ1v) is 6.80. The van der Waals surface area contributed by atoms with E-state index < -0.39 is 0 Å². The smallest absolute Gasteiger partial charge is 0.112 e. The quantitative estimate of drug-likeness (QED) is 0.896. The molecule has 1 heterocycles. The Morgan fingerprint density at radius 1 is 1.27 bits per heavy atom. The van der Waals surface area contributed by atoms with E-state index in [1.807, 2.05) is 29.8 Å². The van der Waals surface area contributed by atoms with Crippen LogP contribution in [-0.4, -0.2) is 4.98 Å². The van der Waals surface area contributed by atoms with Gasteiger partial charge in [-0.05, 0) is 44.0 Å².